The molecule has 2 rings (SSSR count). The Morgan fingerprint density at radius 1 is 1.40 bits per heavy atom. The van der Waals surface area contributed by atoms with Crippen LogP contribution < -0.4 is 10.6 Å². The highest BCUT2D eigenvalue weighted by molar-refractivity contribution is 9.10. The maximum Gasteiger partial charge on any atom is 0.315 e. The lowest BCUT2D eigenvalue weighted by atomic mass is 10.2. The minimum Gasteiger partial charge on any atom is -0.338 e. The molecule has 0 saturated carbocycles. The van der Waals surface area contributed by atoms with E-state index < -0.39 is 0 Å². The van der Waals surface area contributed by atoms with Crippen LogP contribution in [0.15, 0.2) is 33.3 Å². The number of aromatic nitrogens is 2. The quantitative estimate of drug-likeness (QED) is 0.878. The summed E-state index contributed by atoms with van der Waals surface area (Å²) in [6.07, 6.45) is 0.890. The van der Waals surface area contributed by atoms with Crippen molar-refractivity contribution in [2.24, 2.45) is 0 Å². The number of halogens is 1. The van der Waals surface area contributed by atoms with Crippen molar-refractivity contribution < 1.29 is 9.32 Å². The van der Waals surface area contributed by atoms with Crippen LogP contribution in [0.2, 0.25) is 0 Å². The minimum atomic E-state index is -0.242. The molecule has 0 radical (unpaired) electrons. The first kappa shape index (κ1) is 14.5. The molecule has 106 valence electrons. The largest absolute Gasteiger partial charge is 0.338 e. The van der Waals surface area contributed by atoms with Gasteiger partial charge in [-0.05, 0) is 18.6 Å². The van der Waals surface area contributed by atoms with Gasteiger partial charge in [0.05, 0.1) is 6.54 Å². The van der Waals surface area contributed by atoms with E-state index in [0.717, 1.165) is 16.5 Å². The molecular weight excluding hydrogens is 324 g/mol. The number of nitrogens with zero attached hydrogens (tertiary/aromatic N) is 2. The number of benzene rings is 1. The zero-order valence-corrected chi connectivity index (χ0v) is 12.6. The van der Waals surface area contributed by atoms with Crippen molar-refractivity contribution in [3.8, 4) is 11.4 Å². The zero-order valence-electron chi connectivity index (χ0n) is 11.0. The van der Waals surface area contributed by atoms with E-state index in [1.54, 1.807) is 0 Å². The van der Waals surface area contributed by atoms with E-state index in [1.165, 1.54) is 0 Å². The number of urea groups is 1. The van der Waals surface area contributed by atoms with Crippen LogP contribution in [0.5, 0.6) is 0 Å². The molecule has 0 spiro atoms. The fourth-order valence-corrected chi connectivity index (χ4v) is 1.93. The Balaban J connectivity index is 1.94. The molecule has 1 aromatic heterocycles. The Bertz CT molecular complexity index is 585. The maximum absolute atomic E-state index is 11.4. The molecule has 0 atom stereocenters. The van der Waals surface area contributed by atoms with Gasteiger partial charge in [-0.25, -0.2) is 4.79 Å². The third-order valence-electron chi connectivity index (χ3n) is 2.49. The predicted octanol–water partition coefficient (Wildman–Crippen LogP) is 2.71. The van der Waals surface area contributed by atoms with Crippen LogP contribution in [-0.4, -0.2) is 22.7 Å². The van der Waals surface area contributed by atoms with Gasteiger partial charge >= 0.3 is 6.03 Å². The second-order valence-electron chi connectivity index (χ2n) is 4.13. The van der Waals surface area contributed by atoms with Crippen molar-refractivity contribution in [1.29, 1.82) is 0 Å². The summed E-state index contributed by atoms with van der Waals surface area (Å²) in [5, 5.41) is 9.25. The maximum atomic E-state index is 11.4. The number of nitrogens with one attached hydrogen (secondary N) is 2. The highest BCUT2D eigenvalue weighted by Crippen LogP contribution is 2.20. The van der Waals surface area contributed by atoms with Gasteiger partial charge in [-0.15, -0.1) is 0 Å². The molecule has 7 heteroatoms. The average Bonchev–Trinajstić information content (AvgIpc) is 2.92. The Kier molecular flexibility index (Phi) is 5.11. The molecule has 6 nitrogen and oxygen atoms in total. The molecule has 0 saturated heterocycles. The lowest BCUT2D eigenvalue weighted by molar-refractivity contribution is 0.238. The van der Waals surface area contributed by atoms with E-state index in [9.17, 15) is 4.79 Å². The first-order valence-corrected chi connectivity index (χ1v) is 7.08. The lowest BCUT2D eigenvalue weighted by Crippen LogP contribution is -2.35. The Hall–Kier alpha value is -1.89. The highest BCUT2D eigenvalue weighted by Gasteiger charge is 2.09. The van der Waals surface area contributed by atoms with E-state index in [1.807, 2.05) is 31.2 Å². The van der Waals surface area contributed by atoms with Crippen molar-refractivity contribution >= 4 is 22.0 Å². The van der Waals surface area contributed by atoms with Crippen LogP contribution in [0.3, 0.4) is 0 Å². The van der Waals surface area contributed by atoms with Crippen LogP contribution in [0.4, 0.5) is 4.79 Å². The smallest absolute Gasteiger partial charge is 0.315 e. The van der Waals surface area contributed by atoms with Crippen molar-refractivity contribution in [2.75, 3.05) is 6.54 Å². The summed E-state index contributed by atoms with van der Waals surface area (Å²) in [6.45, 7) is 2.83. The van der Waals surface area contributed by atoms with Gasteiger partial charge in [0, 0.05) is 16.6 Å². The Labute approximate surface area is 125 Å². The number of carbonyl (C=O) groups excluding carboxylic acids is 1. The first-order valence-electron chi connectivity index (χ1n) is 6.29. The van der Waals surface area contributed by atoms with Crippen molar-refractivity contribution in [3.63, 3.8) is 0 Å². The summed E-state index contributed by atoms with van der Waals surface area (Å²) in [6, 6.07) is 7.36. The van der Waals surface area contributed by atoms with Crippen LogP contribution in [0.1, 0.15) is 19.2 Å². The van der Waals surface area contributed by atoms with Crippen molar-refractivity contribution in [3.05, 3.63) is 34.6 Å². The number of hydrogen-bond donors (Lipinski definition) is 2. The first-order chi connectivity index (χ1) is 9.69. The van der Waals surface area contributed by atoms with Crippen LogP contribution in [0, 0.1) is 0 Å². The number of rotatable bonds is 5. The third-order valence-corrected chi connectivity index (χ3v) is 2.98. The molecule has 0 fully saturated rings. The summed E-state index contributed by atoms with van der Waals surface area (Å²) in [5.41, 5.74) is 0.852. The summed E-state index contributed by atoms with van der Waals surface area (Å²) >= 11 is 3.39. The fraction of sp³-hybridized carbons (Fsp3) is 0.308. The predicted molar refractivity (Wildman–Crippen MR) is 78.0 cm³/mol. The van der Waals surface area contributed by atoms with Crippen LogP contribution in [0.25, 0.3) is 11.4 Å². The van der Waals surface area contributed by atoms with E-state index in [-0.39, 0.29) is 12.6 Å². The lowest BCUT2D eigenvalue weighted by Gasteiger charge is -2.03. The molecule has 1 aromatic carbocycles. The normalized spacial score (nSPS) is 10.3. The molecule has 0 bridgehead atoms. The average molecular weight is 339 g/mol. The second-order valence-corrected chi connectivity index (χ2v) is 5.05. The van der Waals surface area contributed by atoms with E-state index in [4.69, 9.17) is 4.52 Å². The van der Waals surface area contributed by atoms with Crippen molar-refractivity contribution in [2.45, 2.75) is 19.9 Å². The minimum absolute atomic E-state index is 0.205. The molecule has 2 amide bonds. The zero-order chi connectivity index (χ0) is 14.4. The molecule has 20 heavy (non-hydrogen) atoms. The topological polar surface area (TPSA) is 80.0 Å². The van der Waals surface area contributed by atoms with Crippen molar-refractivity contribution in [1.82, 2.24) is 20.8 Å². The van der Waals surface area contributed by atoms with Gasteiger partial charge in [0.25, 0.3) is 0 Å². The van der Waals surface area contributed by atoms with Gasteiger partial charge in [-0.1, -0.05) is 40.1 Å². The van der Waals surface area contributed by atoms with Gasteiger partial charge in [-0.2, -0.15) is 4.98 Å². The molecule has 0 aliphatic rings. The summed E-state index contributed by atoms with van der Waals surface area (Å²) in [4.78, 5) is 15.6. The Morgan fingerprint density at radius 2 is 2.25 bits per heavy atom. The number of amides is 2. The molecule has 2 N–H and O–H groups in total. The Morgan fingerprint density at radius 3 is 3.00 bits per heavy atom. The van der Waals surface area contributed by atoms with Gasteiger partial charge < -0.3 is 15.2 Å². The monoisotopic (exact) mass is 338 g/mol. The summed E-state index contributed by atoms with van der Waals surface area (Å²) < 4.78 is 6.04. The second kappa shape index (κ2) is 7.04. The van der Waals surface area contributed by atoms with Gasteiger partial charge in [0.15, 0.2) is 0 Å². The molecule has 0 unspecified atom stereocenters. The summed E-state index contributed by atoms with van der Waals surface area (Å²) in [7, 11) is 0. The van der Waals surface area contributed by atoms with Gasteiger partial charge in [0.1, 0.15) is 0 Å². The van der Waals surface area contributed by atoms with Crippen LogP contribution in [-0.2, 0) is 6.54 Å². The fourth-order valence-electron chi connectivity index (χ4n) is 1.53. The molecule has 0 aliphatic carbocycles. The van der Waals surface area contributed by atoms with Gasteiger partial charge in [0.2, 0.25) is 11.7 Å². The third kappa shape index (κ3) is 4.06. The summed E-state index contributed by atoms with van der Waals surface area (Å²) in [5.74, 6) is 0.865. The number of carbonyl (C=O) groups is 1. The van der Waals surface area contributed by atoms with E-state index in [2.05, 4.69) is 36.7 Å². The molecule has 0 aliphatic heterocycles. The molecule has 2 aromatic rings. The SMILES string of the molecule is CCCNC(=O)NCc1nc(-c2cccc(Br)c2)no1. The highest BCUT2D eigenvalue weighted by atomic mass is 79.9. The van der Waals surface area contributed by atoms with E-state index >= 15 is 0 Å². The van der Waals surface area contributed by atoms with E-state index in [0.29, 0.717) is 18.3 Å². The standard InChI is InChI=1S/C13H15BrN4O2/c1-2-6-15-13(19)16-8-11-17-12(18-20-11)9-4-3-5-10(14)7-9/h3-5,7H,2,6,8H2,1H3,(H2,15,16,19). The molecular formula is C13H15BrN4O2. The van der Waals surface area contributed by atoms with Gasteiger partial charge in [-0.3, -0.25) is 0 Å². The van der Waals surface area contributed by atoms with Crippen LogP contribution >= 0.6 is 15.9 Å². The number of hydrogen-bond acceptors (Lipinski definition) is 4. The molecule has 1 heterocycles.